The molecule has 2 rings (SSSR count). The zero-order valence-corrected chi connectivity index (χ0v) is 12.7. The molecule has 1 aromatic carbocycles. The van der Waals surface area contributed by atoms with Crippen molar-refractivity contribution in [1.29, 1.82) is 0 Å². The lowest BCUT2D eigenvalue weighted by molar-refractivity contribution is -0.121. The van der Waals surface area contributed by atoms with Gasteiger partial charge in [-0.2, -0.15) is 0 Å². The average molecular weight is 303 g/mol. The Labute approximate surface area is 128 Å². The Balaban J connectivity index is 1.93. The van der Waals surface area contributed by atoms with Gasteiger partial charge >= 0.3 is 0 Å². The molecule has 1 unspecified atom stereocenters. The maximum atomic E-state index is 12.3. The molecule has 1 amide bonds. The number of carbonyl (C=O) groups excluding carboxylic acids is 1. The second kappa shape index (κ2) is 7.70. The summed E-state index contributed by atoms with van der Waals surface area (Å²) in [6, 6.07) is 7.15. The lowest BCUT2D eigenvalue weighted by Crippen LogP contribution is -2.30. The first-order chi connectivity index (χ1) is 10.6. The zero-order valence-electron chi connectivity index (χ0n) is 12.7. The van der Waals surface area contributed by atoms with Crippen LogP contribution in [0.15, 0.2) is 35.4 Å². The molecule has 2 N–H and O–H groups in total. The van der Waals surface area contributed by atoms with Crippen LogP contribution in [0.1, 0.15) is 19.8 Å². The maximum Gasteiger partial charge on any atom is 0.261 e. The molecule has 6 heteroatoms. The lowest BCUT2D eigenvalue weighted by atomic mass is 10.1. The van der Waals surface area contributed by atoms with Crippen molar-refractivity contribution in [2.75, 3.05) is 13.2 Å². The van der Waals surface area contributed by atoms with Crippen molar-refractivity contribution in [3.63, 3.8) is 0 Å². The van der Waals surface area contributed by atoms with Gasteiger partial charge in [0.25, 0.3) is 5.56 Å². The van der Waals surface area contributed by atoms with Gasteiger partial charge in [-0.25, -0.2) is 4.98 Å². The molecule has 22 heavy (non-hydrogen) atoms. The number of aryl methyl sites for hydroxylation is 1. The zero-order chi connectivity index (χ0) is 15.9. The molecular weight excluding hydrogens is 282 g/mol. The maximum absolute atomic E-state index is 12.3. The van der Waals surface area contributed by atoms with Crippen LogP contribution >= 0.6 is 0 Å². The monoisotopic (exact) mass is 303 g/mol. The number of fused-ring (bicyclic) bond motifs is 1. The van der Waals surface area contributed by atoms with Crippen LogP contribution in [0.2, 0.25) is 0 Å². The number of hydrogen-bond donors (Lipinski definition) is 2. The van der Waals surface area contributed by atoms with Crippen LogP contribution in [0.25, 0.3) is 10.9 Å². The van der Waals surface area contributed by atoms with Crippen molar-refractivity contribution in [2.45, 2.75) is 26.3 Å². The Bertz CT molecular complexity index is 696. The van der Waals surface area contributed by atoms with Crippen LogP contribution < -0.4 is 10.9 Å². The summed E-state index contributed by atoms with van der Waals surface area (Å²) < 4.78 is 1.46. The average Bonchev–Trinajstić information content (AvgIpc) is 2.53. The van der Waals surface area contributed by atoms with E-state index in [0.29, 0.717) is 30.4 Å². The van der Waals surface area contributed by atoms with Crippen LogP contribution in [-0.2, 0) is 11.3 Å². The Morgan fingerprint density at radius 1 is 1.41 bits per heavy atom. The fourth-order valence-electron chi connectivity index (χ4n) is 2.19. The summed E-state index contributed by atoms with van der Waals surface area (Å²) >= 11 is 0. The highest BCUT2D eigenvalue weighted by molar-refractivity contribution is 5.77. The van der Waals surface area contributed by atoms with Crippen molar-refractivity contribution in [3.8, 4) is 0 Å². The van der Waals surface area contributed by atoms with Gasteiger partial charge < -0.3 is 10.4 Å². The normalized spacial score (nSPS) is 12.3. The van der Waals surface area contributed by atoms with E-state index in [1.54, 1.807) is 18.2 Å². The van der Waals surface area contributed by atoms with Crippen LogP contribution in [-0.4, -0.2) is 33.7 Å². The first-order valence-electron chi connectivity index (χ1n) is 7.43. The van der Waals surface area contributed by atoms with Gasteiger partial charge in [-0.15, -0.1) is 0 Å². The molecule has 0 bridgehead atoms. The summed E-state index contributed by atoms with van der Waals surface area (Å²) in [6.45, 7) is 2.92. The van der Waals surface area contributed by atoms with E-state index in [4.69, 9.17) is 5.11 Å². The number of hydrogen-bond acceptors (Lipinski definition) is 4. The van der Waals surface area contributed by atoms with E-state index in [-0.39, 0.29) is 30.4 Å². The Kier molecular flexibility index (Phi) is 5.66. The molecule has 0 saturated carbocycles. The number of nitrogens with zero attached hydrogens (tertiary/aromatic N) is 2. The number of nitrogens with one attached hydrogen (secondary N) is 1. The van der Waals surface area contributed by atoms with Gasteiger partial charge in [0.2, 0.25) is 5.91 Å². The minimum Gasteiger partial charge on any atom is -0.396 e. The number of carbonyl (C=O) groups is 1. The molecule has 0 fully saturated rings. The van der Waals surface area contributed by atoms with E-state index in [2.05, 4.69) is 10.3 Å². The van der Waals surface area contributed by atoms with E-state index in [0.717, 1.165) is 0 Å². The smallest absolute Gasteiger partial charge is 0.261 e. The fraction of sp³-hybridized carbons (Fsp3) is 0.438. The van der Waals surface area contributed by atoms with Gasteiger partial charge in [0.1, 0.15) is 0 Å². The molecule has 0 aliphatic heterocycles. The van der Waals surface area contributed by atoms with Gasteiger partial charge in [0.05, 0.1) is 17.2 Å². The number of rotatable bonds is 7. The van der Waals surface area contributed by atoms with E-state index in [1.807, 2.05) is 13.0 Å². The molecule has 0 aliphatic carbocycles. The quantitative estimate of drug-likeness (QED) is 0.796. The van der Waals surface area contributed by atoms with Crippen molar-refractivity contribution >= 4 is 16.8 Å². The van der Waals surface area contributed by atoms with E-state index in [1.165, 1.54) is 10.9 Å². The number of benzene rings is 1. The van der Waals surface area contributed by atoms with E-state index < -0.39 is 0 Å². The van der Waals surface area contributed by atoms with Crippen LogP contribution in [0.5, 0.6) is 0 Å². The largest absolute Gasteiger partial charge is 0.396 e. The first kappa shape index (κ1) is 16.2. The first-order valence-corrected chi connectivity index (χ1v) is 7.43. The lowest BCUT2D eigenvalue weighted by Gasteiger charge is -2.11. The summed E-state index contributed by atoms with van der Waals surface area (Å²) in [6.07, 6.45) is 2.37. The second-order valence-corrected chi connectivity index (χ2v) is 5.43. The van der Waals surface area contributed by atoms with Crippen LogP contribution in [0.3, 0.4) is 0 Å². The third-order valence-electron chi connectivity index (χ3n) is 3.58. The third kappa shape index (κ3) is 4.14. The molecule has 0 aliphatic rings. The molecule has 1 atom stereocenters. The number of para-hydroxylation sites is 1. The molecular formula is C16H21N3O3. The molecule has 1 heterocycles. The predicted octanol–water partition coefficient (Wildman–Crippen LogP) is 0.921. The molecule has 2 aromatic rings. The third-order valence-corrected chi connectivity index (χ3v) is 3.58. The van der Waals surface area contributed by atoms with E-state index >= 15 is 0 Å². The summed E-state index contributed by atoms with van der Waals surface area (Å²) in [5.74, 6) is 0.129. The van der Waals surface area contributed by atoms with Gasteiger partial charge in [0, 0.05) is 26.1 Å². The highest BCUT2D eigenvalue weighted by Gasteiger charge is 2.07. The molecule has 0 radical (unpaired) electrons. The Hall–Kier alpha value is -2.21. The topological polar surface area (TPSA) is 84.2 Å². The van der Waals surface area contributed by atoms with Gasteiger partial charge in [-0.05, 0) is 24.5 Å². The van der Waals surface area contributed by atoms with E-state index in [9.17, 15) is 9.59 Å². The molecule has 6 nitrogen and oxygen atoms in total. The van der Waals surface area contributed by atoms with Crippen LogP contribution in [0.4, 0.5) is 0 Å². The number of aromatic nitrogens is 2. The number of aliphatic hydroxyl groups is 1. The second-order valence-electron chi connectivity index (χ2n) is 5.43. The summed E-state index contributed by atoms with van der Waals surface area (Å²) in [5, 5.41) is 12.2. The summed E-state index contributed by atoms with van der Waals surface area (Å²) in [4.78, 5) is 28.3. The highest BCUT2D eigenvalue weighted by Crippen LogP contribution is 2.05. The highest BCUT2D eigenvalue weighted by atomic mass is 16.3. The summed E-state index contributed by atoms with van der Waals surface area (Å²) in [7, 11) is 0. The number of amides is 1. The van der Waals surface area contributed by atoms with Gasteiger partial charge in [-0.1, -0.05) is 19.1 Å². The fourth-order valence-corrected chi connectivity index (χ4v) is 2.19. The molecule has 118 valence electrons. The Morgan fingerprint density at radius 2 is 2.18 bits per heavy atom. The van der Waals surface area contributed by atoms with Crippen molar-refractivity contribution in [3.05, 3.63) is 40.9 Å². The predicted molar refractivity (Wildman–Crippen MR) is 84.5 cm³/mol. The minimum absolute atomic E-state index is 0.107. The van der Waals surface area contributed by atoms with Crippen molar-refractivity contribution < 1.29 is 9.90 Å². The Morgan fingerprint density at radius 3 is 2.95 bits per heavy atom. The van der Waals surface area contributed by atoms with Gasteiger partial charge in [-0.3, -0.25) is 14.2 Å². The van der Waals surface area contributed by atoms with Crippen LogP contribution in [0, 0.1) is 5.92 Å². The van der Waals surface area contributed by atoms with Gasteiger partial charge in [0.15, 0.2) is 0 Å². The SMILES string of the molecule is CC(CCO)CNC(=O)CCn1cnc2ccccc2c1=O. The molecule has 1 aromatic heterocycles. The number of aliphatic hydroxyl groups excluding tert-OH is 1. The van der Waals surface area contributed by atoms with Crippen molar-refractivity contribution in [2.24, 2.45) is 5.92 Å². The van der Waals surface area contributed by atoms with Crippen molar-refractivity contribution in [1.82, 2.24) is 14.9 Å². The summed E-state index contributed by atoms with van der Waals surface area (Å²) in [5.41, 5.74) is 0.526. The minimum atomic E-state index is -0.132. The molecule has 0 spiro atoms. The standard InChI is InChI=1S/C16H21N3O3/c1-12(7-9-20)10-17-15(21)6-8-19-11-18-14-5-3-2-4-13(14)16(19)22/h2-5,11-12,20H,6-10H2,1H3,(H,17,21). The molecule has 0 saturated heterocycles.